The fourth-order valence-electron chi connectivity index (χ4n) is 2.15. The van der Waals surface area contributed by atoms with Gasteiger partial charge in [-0.1, -0.05) is 6.92 Å². The Morgan fingerprint density at radius 2 is 2.33 bits per heavy atom. The topological polar surface area (TPSA) is 41.6 Å². The van der Waals surface area contributed by atoms with E-state index in [-0.39, 0.29) is 24.1 Å². The van der Waals surface area contributed by atoms with Crippen molar-refractivity contribution in [3.8, 4) is 0 Å². The van der Waals surface area contributed by atoms with Crippen LogP contribution in [-0.4, -0.2) is 48.7 Å². The predicted octanol–water partition coefficient (Wildman–Crippen LogP) is 0.374. The second-order valence-electron chi connectivity index (χ2n) is 4.49. The van der Waals surface area contributed by atoms with Gasteiger partial charge in [-0.25, -0.2) is 0 Å². The van der Waals surface area contributed by atoms with Gasteiger partial charge in [0.25, 0.3) is 0 Å². The van der Waals surface area contributed by atoms with Crippen LogP contribution in [0.25, 0.3) is 0 Å². The van der Waals surface area contributed by atoms with E-state index in [1.165, 1.54) is 0 Å². The largest absolute Gasteiger partial charge is 0.375 e. The van der Waals surface area contributed by atoms with Crippen molar-refractivity contribution in [1.29, 1.82) is 0 Å². The summed E-state index contributed by atoms with van der Waals surface area (Å²) < 4.78 is 5.58. The number of ether oxygens (including phenoxy) is 1. The molecule has 2 saturated heterocycles. The summed E-state index contributed by atoms with van der Waals surface area (Å²) in [6.07, 6.45) is 2.14. The standard InChI is InChI=1S/C11H20N2O2/c1-3-9-7-15-8(2)6-13(9)11(14)10-4-5-12-10/h8-10,12H,3-7H2,1-2H3/t8?,9?,10-/m1/s1. The molecule has 2 rings (SSSR count). The van der Waals surface area contributed by atoms with E-state index in [2.05, 4.69) is 12.2 Å². The Labute approximate surface area is 91.0 Å². The van der Waals surface area contributed by atoms with Gasteiger partial charge >= 0.3 is 0 Å². The molecular formula is C11H20N2O2. The lowest BCUT2D eigenvalue weighted by Gasteiger charge is -2.41. The van der Waals surface area contributed by atoms with Crippen molar-refractivity contribution in [2.75, 3.05) is 19.7 Å². The van der Waals surface area contributed by atoms with Gasteiger partial charge in [0.2, 0.25) is 5.91 Å². The third kappa shape index (κ3) is 2.16. The smallest absolute Gasteiger partial charge is 0.240 e. The van der Waals surface area contributed by atoms with Crippen molar-refractivity contribution in [3.05, 3.63) is 0 Å². The average molecular weight is 212 g/mol. The van der Waals surface area contributed by atoms with Crippen LogP contribution >= 0.6 is 0 Å². The third-order valence-electron chi connectivity index (χ3n) is 3.34. The summed E-state index contributed by atoms with van der Waals surface area (Å²) in [6, 6.07) is 0.348. The van der Waals surface area contributed by atoms with Crippen LogP contribution in [0, 0.1) is 0 Å². The van der Waals surface area contributed by atoms with Gasteiger partial charge in [-0.3, -0.25) is 4.79 Å². The number of carbonyl (C=O) groups excluding carboxylic acids is 1. The van der Waals surface area contributed by atoms with Crippen LogP contribution < -0.4 is 5.32 Å². The third-order valence-corrected chi connectivity index (χ3v) is 3.34. The number of morpholine rings is 1. The zero-order valence-electron chi connectivity index (χ0n) is 9.53. The predicted molar refractivity (Wildman–Crippen MR) is 57.6 cm³/mol. The van der Waals surface area contributed by atoms with E-state index < -0.39 is 0 Å². The molecule has 2 fully saturated rings. The van der Waals surface area contributed by atoms with E-state index in [1.54, 1.807) is 0 Å². The fraction of sp³-hybridized carbons (Fsp3) is 0.909. The van der Waals surface area contributed by atoms with Crippen LogP contribution in [0.5, 0.6) is 0 Å². The molecule has 0 aromatic rings. The summed E-state index contributed by atoms with van der Waals surface area (Å²) in [5.41, 5.74) is 0. The maximum atomic E-state index is 12.1. The van der Waals surface area contributed by atoms with E-state index in [1.807, 2.05) is 11.8 Å². The quantitative estimate of drug-likeness (QED) is 0.719. The van der Waals surface area contributed by atoms with Gasteiger partial charge < -0.3 is 15.0 Å². The molecule has 0 bridgehead atoms. The van der Waals surface area contributed by atoms with E-state index in [0.29, 0.717) is 6.61 Å². The molecule has 4 heteroatoms. The average Bonchev–Trinajstić information content (AvgIpc) is 2.15. The summed E-state index contributed by atoms with van der Waals surface area (Å²) in [5, 5.41) is 3.17. The first kappa shape index (κ1) is 10.9. The van der Waals surface area contributed by atoms with E-state index in [9.17, 15) is 4.79 Å². The molecule has 2 unspecified atom stereocenters. The molecule has 0 spiro atoms. The molecule has 86 valence electrons. The van der Waals surface area contributed by atoms with Crippen molar-refractivity contribution in [3.63, 3.8) is 0 Å². The number of amides is 1. The number of nitrogens with zero attached hydrogens (tertiary/aromatic N) is 1. The van der Waals surface area contributed by atoms with Gasteiger partial charge in [0.05, 0.1) is 24.8 Å². The zero-order chi connectivity index (χ0) is 10.8. The van der Waals surface area contributed by atoms with Crippen molar-refractivity contribution < 1.29 is 9.53 Å². The first-order valence-electron chi connectivity index (χ1n) is 5.87. The van der Waals surface area contributed by atoms with Gasteiger partial charge in [-0.05, 0) is 26.3 Å². The maximum absolute atomic E-state index is 12.1. The fourth-order valence-corrected chi connectivity index (χ4v) is 2.15. The molecule has 2 heterocycles. The Morgan fingerprint density at radius 1 is 1.60 bits per heavy atom. The number of carbonyl (C=O) groups is 1. The summed E-state index contributed by atoms with van der Waals surface area (Å²) in [6.45, 7) is 6.55. The first-order valence-corrected chi connectivity index (χ1v) is 5.87. The van der Waals surface area contributed by atoms with Gasteiger partial charge in [-0.2, -0.15) is 0 Å². The van der Waals surface area contributed by atoms with Crippen LogP contribution in [0.3, 0.4) is 0 Å². The van der Waals surface area contributed by atoms with Crippen LogP contribution in [-0.2, 0) is 9.53 Å². The highest BCUT2D eigenvalue weighted by Crippen LogP contribution is 2.17. The molecule has 0 aliphatic carbocycles. The van der Waals surface area contributed by atoms with Crippen molar-refractivity contribution in [2.24, 2.45) is 0 Å². The molecule has 0 radical (unpaired) electrons. The molecular weight excluding hydrogens is 192 g/mol. The highest BCUT2D eigenvalue weighted by Gasteiger charge is 2.35. The molecule has 15 heavy (non-hydrogen) atoms. The highest BCUT2D eigenvalue weighted by molar-refractivity contribution is 5.83. The molecule has 0 saturated carbocycles. The van der Waals surface area contributed by atoms with Crippen LogP contribution in [0.1, 0.15) is 26.7 Å². The lowest BCUT2D eigenvalue weighted by atomic mass is 10.0. The Kier molecular flexibility index (Phi) is 3.26. The van der Waals surface area contributed by atoms with E-state index in [4.69, 9.17) is 4.74 Å². The summed E-state index contributed by atoms with van der Waals surface area (Å²) in [7, 11) is 0. The Bertz CT molecular complexity index is 241. The zero-order valence-corrected chi connectivity index (χ0v) is 9.53. The van der Waals surface area contributed by atoms with Crippen LogP contribution in [0.2, 0.25) is 0 Å². The minimum Gasteiger partial charge on any atom is -0.375 e. The minimum absolute atomic E-state index is 0.0735. The number of nitrogens with one attached hydrogen (secondary N) is 1. The van der Waals surface area contributed by atoms with Crippen molar-refractivity contribution in [1.82, 2.24) is 10.2 Å². The molecule has 0 aromatic carbocycles. The Balaban J connectivity index is 1.99. The monoisotopic (exact) mass is 212 g/mol. The lowest BCUT2D eigenvalue weighted by Crippen LogP contribution is -2.60. The van der Waals surface area contributed by atoms with Crippen LogP contribution in [0.4, 0.5) is 0 Å². The normalized spacial score (nSPS) is 36.1. The Morgan fingerprint density at radius 3 is 2.87 bits per heavy atom. The van der Waals surface area contributed by atoms with E-state index in [0.717, 1.165) is 25.9 Å². The number of hydrogen-bond acceptors (Lipinski definition) is 3. The highest BCUT2D eigenvalue weighted by atomic mass is 16.5. The molecule has 0 aromatic heterocycles. The first-order chi connectivity index (χ1) is 7.22. The van der Waals surface area contributed by atoms with Crippen LogP contribution in [0.15, 0.2) is 0 Å². The number of hydrogen-bond donors (Lipinski definition) is 1. The van der Waals surface area contributed by atoms with Crippen molar-refractivity contribution >= 4 is 5.91 Å². The summed E-state index contributed by atoms with van der Waals surface area (Å²) >= 11 is 0. The summed E-state index contributed by atoms with van der Waals surface area (Å²) in [4.78, 5) is 14.1. The second-order valence-corrected chi connectivity index (χ2v) is 4.49. The van der Waals surface area contributed by atoms with Gasteiger partial charge in [-0.15, -0.1) is 0 Å². The molecule has 2 aliphatic heterocycles. The van der Waals surface area contributed by atoms with Gasteiger partial charge in [0.1, 0.15) is 0 Å². The maximum Gasteiger partial charge on any atom is 0.240 e. The van der Waals surface area contributed by atoms with E-state index >= 15 is 0 Å². The van der Waals surface area contributed by atoms with Gasteiger partial charge in [0, 0.05) is 6.54 Å². The minimum atomic E-state index is 0.0735. The summed E-state index contributed by atoms with van der Waals surface area (Å²) in [5.74, 6) is 0.267. The molecule has 1 N–H and O–H groups in total. The molecule has 1 amide bonds. The Hall–Kier alpha value is -0.610. The van der Waals surface area contributed by atoms with Crippen molar-refractivity contribution in [2.45, 2.75) is 44.9 Å². The SMILES string of the molecule is CCC1COC(C)CN1C(=O)[C@H]1CCN1. The van der Waals surface area contributed by atoms with Gasteiger partial charge in [0.15, 0.2) is 0 Å². The molecule has 4 nitrogen and oxygen atoms in total. The number of rotatable bonds is 2. The molecule has 2 aliphatic rings. The lowest BCUT2D eigenvalue weighted by molar-refractivity contribution is -0.148. The molecule has 3 atom stereocenters. The second kappa shape index (κ2) is 4.49.